The summed E-state index contributed by atoms with van der Waals surface area (Å²) >= 11 is 0. The highest BCUT2D eigenvalue weighted by molar-refractivity contribution is 5.61. The summed E-state index contributed by atoms with van der Waals surface area (Å²) in [4.78, 5) is 2.36. The van der Waals surface area contributed by atoms with Crippen molar-refractivity contribution in [2.24, 2.45) is 5.73 Å². The molecule has 4 heteroatoms. The first-order chi connectivity index (χ1) is 8.65. The van der Waals surface area contributed by atoms with Crippen molar-refractivity contribution in [2.75, 3.05) is 25.7 Å². The first-order valence-corrected chi connectivity index (χ1v) is 6.40. The van der Waals surface area contributed by atoms with Gasteiger partial charge in [-0.05, 0) is 31.9 Å². The van der Waals surface area contributed by atoms with E-state index >= 15 is 0 Å². The molecule has 0 radical (unpaired) electrons. The number of hydrogen-bond donors (Lipinski definition) is 1. The molecular weight excluding hydrogens is 228 g/mol. The molecular formula is C14H22N2O2. The lowest BCUT2D eigenvalue weighted by molar-refractivity contribution is 0.386. The highest BCUT2D eigenvalue weighted by Gasteiger charge is 2.25. The third-order valence-electron chi connectivity index (χ3n) is 3.61. The molecule has 0 aromatic heterocycles. The zero-order valence-corrected chi connectivity index (χ0v) is 11.3. The van der Waals surface area contributed by atoms with Crippen molar-refractivity contribution in [3.63, 3.8) is 0 Å². The van der Waals surface area contributed by atoms with E-state index in [0.29, 0.717) is 12.1 Å². The van der Waals surface area contributed by atoms with E-state index in [2.05, 4.69) is 17.9 Å². The summed E-state index contributed by atoms with van der Waals surface area (Å²) in [5.41, 5.74) is 7.13. The van der Waals surface area contributed by atoms with E-state index in [-0.39, 0.29) is 0 Å². The van der Waals surface area contributed by atoms with E-state index in [1.54, 1.807) is 14.2 Å². The Hall–Kier alpha value is -1.42. The molecule has 18 heavy (non-hydrogen) atoms. The lowest BCUT2D eigenvalue weighted by atomic mass is 9.98. The molecule has 1 aromatic rings. The van der Waals surface area contributed by atoms with Crippen LogP contribution in [0.5, 0.6) is 11.5 Å². The first kappa shape index (κ1) is 13.0. The predicted octanol–water partition coefficient (Wildman–Crippen LogP) is 2.02. The van der Waals surface area contributed by atoms with Crippen molar-refractivity contribution in [3.8, 4) is 11.5 Å². The highest BCUT2D eigenvalue weighted by Crippen LogP contribution is 2.35. The molecule has 2 rings (SSSR count). The minimum atomic E-state index is 0.320. The lowest BCUT2D eigenvalue weighted by Crippen LogP contribution is -2.45. The second kappa shape index (κ2) is 5.48. The molecule has 1 aromatic carbocycles. The van der Waals surface area contributed by atoms with Gasteiger partial charge in [-0.3, -0.25) is 0 Å². The number of benzene rings is 1. The molecule has 1 saturated heterocycles. The topological polar surface area (TPSA) is 47.7 Å². The van der Waals surface area contributed by atoms with Crippen molar-refractivity contribution in [3.05, 3.63) is 18.2 Å². The van der Waals surface area contributed by atoms with Gasteiger partial charge in [0.2, 0.25) is 0 Å². The van der Waals surface area contributed by atoms with Crippen molar-refractivity contribution in [2.45, 2.75) is 31.8 Å². The molecule has 0 amide bonds. The second-order valence-electron chi connectivity index (χ2n) is 4.86. The van der Waals surface area contributed by atoms with Gasteiger partial charge in [-0.2, -0.15) is 0 Å². The molecule has 4 nitrogen and oxygen atoms in total. The number of hydrogen-bond acceptors (Lipinski definition) is 4. The van der Waals surface area contributed by atoms with Crippen LogP contribution in [0.15, 0.2) is 18.2 Å². The third kappa shape index (κ3) is 2.53. The first-order valence-electron chi connectivity index (χ1n) is 6.40. The van der Waals surface area contributed by atoms with Crippen LogP contribution in [0.25, 0.3) is 0 Å². The lowest BCUT2D eigenvalue weighted by Gasteiger charge is -2.38. The van der Waals surface area contributed by atoms with E-state index in [9.17, 15) is 0 Å². The van der Waals surface area contributed by atoms with Crippen LogP contribution >= 0.6 is 0 Å². The van der Waals surface area contributed by atoms with Gasteiger partial charge in [0.05, 0.1) is 19.9 Å². The summed E-state index contributed by atoms with van der Waals surface area (Å²) in [6.07, 6.45) is 2.05. The largest absolute Gasteiger partial charge is 0.497 e. The summed E-state index contributed by atoms with van der Waals surface area (Å²) < 4.78 is 10.7. The van der Waals surface area contributed by atoms with Crippen molar-refractivity contribution in [1.29, 1.82) is 0 Å². The molecule has 1 heterocycles. The SMILES string of the molecule is COc1ccc(N2CCC(N)CC2C)c(OC)c1. The fourth-order valence-corrected chi connectivity index (χ4v) is 2.59. The van der Waals surface area contributed by atoms with Crippen LogP contribution in [0.2, 0.25) is 0 Å². The number of nitrogens with zero attached hydrogens (tertiary/aromatic N) is 1. The minimum absolute atomic E-state index is 0.320. The van der Waals surface area contributed by atoms with Crippen LogP contribution < -0.4 is 20.1 Å². The van der Waals surface area contributed by atoms with Crippen molar-refractivity contribution < 1.29 is 9.47 Å². The van der Waals surface area contributed by atoms with Gasteiger partial charge in [-0.25, -0.2) is 0 Å². The third-order valence-corrected chi connectivity index (χ3v) is 3.61. The number of nitrogens with two attached hydrogens (primary N) is 1. The summed E-state index contributed by atoms with van der Waals surface area (Å²) in [5, 5.41) is 0. The van der Waals surface area contributed by atoms with Gasteiger partial charge in [-0.1, -0.05) is 0 Å². The van der Waals surface area contributed by atoms with Crippen molar-refractivity contribution in [1.82, 2.24) is 0 Å². The standard InChI is InChI=1S/C14H22N2O2/c1-10-8-11(15)6-7-16(10)13-5-4-12(17-2)9-14(13)18-3/h4-5,9-11H,6-8,15H2,1-3H3. The molecule has 2 N–H and O–H groups in total. The Morgan fingerprint density at radius 3 is 2.67 bits per heavy atom. The van der Waals surface area contributed by atoms with E-state index in [1.807, 2.05) is 12.1 Å². The van der Waals surface area contributed by atoms with Crippen LogP contribution in [-0.2, 0) is 0 Å². The smallest absolute Gasteiger partial charge is 0.145 e. The summed E-state index contributed by atoms with van der Waals surface area (Å²) in [7, 11) is 3.36. The van der Waals surface area contributed by atoms with Crippen molar-refractivity contribution >= 4 is 5.69 Å². The number of piperidine rings is 1. The number of rotatable bonds is 3. The van der Waals surface area contributed by atoms with Crippen LogP contribution in [0.1, 0.15) is 19.8 Å². The quantitative estimate of drug-likeness (QED) is 0.891. The van der Waals surface area contributed by atoms with Gasteiger partial charge in [0.1, 0.15) is 11.5 Å². The molecule has 0 aliphatic carbocycles. The number of anilines is 1. The Labute approximate surface area is 109 Å². The average Bonchev–Trinajstić information content (AvgIpc) is 2.38. The fourth-order valence-electron chi connectivity index (χ4n) is 2.59. The molecule has 0 saturated carbocycles. The molecule has 100 valence electrons. The van der Waals surface area contributed by atoms with Crippen LogP contribution in [0.3, 0.4) is 0 Å². The van der Waals surface area contributed by atoms with E-state index in [4.69, 9.17) is 15.2 Å². The monoisotopic (exact) mass is 250 g/mol. The summed E-state index contributed by atoms with van der Waals surface area (Å²) in [6.45, 7) is 3.19. The average molecular weight is 250 g/mol. The maximum atomic E-state index is 6.00. The Kier molecular flexibility index (Phi) is 3.97. The molecule has 2 atom stereocenters. The second-order valence-corrected chi connectivity index (χ2v) is 4.86. The molecule has 0 bridgehead atoms. The van der Waals surface area contributed by atoms with Crippen LogP contribution in [0.4, 0.5) is 5.69 Å². The molecule has 1 aliphatic heterocycles. The Morgan fingerprint density at radius 2 is 2.06 bits per heavy atom. The zero-order valence-electron chi connectivity index (χ0n) is 11.3. The van der Waals surface area contributed by atoms with Gasteiger partial charge in [0.25, 0.3) is 0 Å². The van der Waals surface area contributed by atoms with Crippen LogP contribution in [0, 0.1) is 0 Å². The van der Waals surface area contributed by atoms with Gasteiger partial charge in [0, 0.05) is 24.7 Å². The van der Waals surface area contributed by atoms with Crippen LogP contribution in [-0.4, -0.2) is 32.8 Å². The molecule has 0 spiro atoms. The number of methoxy groups -OCH3 is 2. The molecule has 1 fully saturated rings. The zero-order chi connectivity index (χ0) is 13.1. The normalized spacial score (nSPS) is 23.9. The minimum Gasteiger partial charge on any atom is -0.497 e. The summed E-state index contributed by atoms with van der Waals surface area (Å²) in [5.74, 6) is 1.67. The predicted molar refractivity (Wildman–Crippen MR) is 73.6 cm³/mol. The maximum Gasteiger partial charge on any atom is 0.145 e. The highest BCUT2D eigenvalue weighted by atomic mass is 16.5. The fraction of sp³-hybridized carbons (Fsp3) is 0.571. The van der Waals surface area contributed by atoms with Gasteiger partial charge < -0.3 is 20.1 Å². The Balaban J connectivity index is 2.27. The van der Waals surface area contributed by atoms with Gasteiger partial charge >= 0.3 is 0 Å². The van der Waals surface area contributed by atoms with E-state index in [1.165, 1.54) is 0 Å². The van der Waals surface area contributed by atoms with Gasteiger partial charge in [-0.15, -0.1) is 0 Å². The number of ether oxygens (including phenoxy) is 2. The molecule has 2 unspecified atom stereocenters. The maximum absolute atomic E-state index is 6.00. The summed E-state index contributed by atoms with van der Waals surface area (Å²) in [6, 6.07) is 6.72. The Morgan fingerprint density at radius 1 is 1.28 bits per heavy atom. The van der Waals surface area contributed by atoms with E-state index < -0.39 is 0 Å². The van der Waals surface area contributed by atoms with Gasteiger partial charge in [0.15, 0.2) is 0 Å². The van der Waals surface area contributed by atoms with E-state index in [0.717, 1.165) is 36.6 Å². The molecule has 1 aliphatic rings. The Bertz CT molecular complexity index is 409.